The van der Waals surface area contributed by atoms with Crippen LogP contribution in [-0.2, 0) is 0 Å². The summed E-state index contributed by atoms with van der Waals surface area (Å²) >= 11 is 0. The summed E-state index contributed by atoms with van der Waals surface area (Å²) in [6, 6.07) is 7.69. The molecule has 1 unspecified atom stereocenters. The molecule has 1 rings (SSSR count). The molecule has 1 aromatic carbocycles. The maximum Gasteiger partial charge on any atom is 0.316 e. The van der Waals surface area contributed by atoms with Crippen LogP contribution < -0.4 is 10.6 Å². The summed E-state index contributed by atoms with van der Waals surface area (Å²) in [5, 5.41) is 5.39. The predicted molar refractivity (Wildman–Crippen MR) is 65.0 cm³/mol. The number of rotatable bonds is 3. The van der Waals surface area contributed by atoms with Crippen LogP contribution in [-0.4, -0.2) is 12.6 Å². The van der Waals surface area contributed by atoms with Gasteiger partial charge in [0.25, 0.3) is 0 Å². The summed E-state index contributed by atoms with van der Waals surface area (Å²) in [5.41, 5.74) is 2.27. The third kappa shape index (κ3) is 3.32. The lowest BCUT2D eigenvalue weighted by Gasteiger charge is -2.16. The van der Waals surface area contributed by atoms with Crippen LogP contribution in [0.25, 0.3) is 0 Å². The standard InChI is InChI=1S/C13H16N2O/c1-4-9-14-13(16)15-11(3)12-8-6-5-7-10(12)2/h1,5-8,11H,9H2,2-3H3,(H2,14,15,16). The van der Waals surface area contributed by atoms with Gasteiger partial charge < -0.3 is 10.6 Å². The molecule has 3 nitrogen and oxygen atoms in total. The topological polar surface area (TPSA) is 41.1 Å². The van der Waals surface area contributed by atoms with Gasteiger partial charge in [-0.2, -0.15) is 0 Å². The number of carbonyl (C=O) groups excluding carboxylic acids is 1. The zero-order valence-electron chi connectivity index (χ0n) is 9.58. The van der Waals surface area contributed by atoms with Crippen molar-refractivity contribution in [2.24, 2.45) is 0 Å². The van der Waals surface area contributed by atoms with Gasteiger partial charge in [-0.05, 0) is 25.0 Å². The van der Waals surface area contributed by atoms with Gasteiger partial charge >= 0.3 is 6.03 Å². The van der Waals surface area contributed by atoms with Crippen LogP contribution in [0.2, 0.25) is 0 Å². The Hall–Kier alpha value is -1.95. The van der Waals surface area contributed by atoms with Crippen molar-refractivity contribution in [3.8, 4) is 12.3 Å². The molecule has 0 saturated carbocycles. The van der Waals surface area contributed by atoms with E-state index in [1.54, 1.807) is 0 Å². The molecule has 0 bridgehead atoms. The predicted octanol–water partition coefficient (Wildman–Crippen LogP) is 1.99. The Balaban J connectivity index is 2.59. The summed E-state index contributed by atoms with van der Waals surface area (Å²) in [6.07, 6.45) is 5.05. The average Bonchev–Trinajstić information content (AvgIpc) is 2.26. The van der Waals surface area contributed by atoms with Gasteiger partial charge in [-0.3, -0.25) is 0 Å². The minimum atomic E-state index is -0.242. The molecule has 2 amide bonds. The monoisotopic (exact) mass is 216 g/mol. The molecule has 0 heterocycles. The molecule has 1 aromatic rings. The molecule has 0 spiro atoms. The normalized spacial score (nSPS) is 11.3. The molecule has 2 N–H and O–H groups in total. The highest BCUT2D eigenvalue weighted by atomic mass is 16.2. The highest BCUT2D eigenvalue weighted by molar-refractivity contribution is 5.74. The number of benzene rings is 1. The van der Waals surface area contributed by atoms with E-state index in [-0.39, 0.29) is 18.6 Å². The van der Waals surface area contributed by atoms with Crippen molar-refractivity contribution in [2.75, 3.05) is 6.54 Å². The molecule has 0 radical (unpaired) electrons. The van der Waals surface area contributed by atoms with Crippen molar-refractivity contribution >= 4 is 6.03 Å². The number of hydrogen-bond acceptors (Lipinski definition) is 1. The fourth-order valence-corrected chi connectivity index (χ4v) is 1.53. The van der Waals surface area contributed by atoms with E-state index in [9.17, 15) is 4.79 Å². The van der Waals surface area contributed by atoms with E-state index in [4.69, 9.17) is 6.42 Å². The average molecular weight is 216 g/mol. The van der Waals surface area contributed by atoms with E-state index in [0.29, 0.717) is 0 Å². The number of carbonyl (C=O) groups is 1. The van der Waals surface area contributed by atoms with Gasteiger partial charge in [0.15, 0.2) is 0 Å². The Labute approximate surface area is 96.2 Å². The van der Waals surface area contributed by atoms with Gasteiger partial charge in [0, 0.05) is 0 Å². The van der Waals surface area contributed by atoms with Crippen molar-refractivity contribution in [3.05, 3.63) is 35.4 Å². The van der Waals surface area contributed by atoms with Gasteiger partial charge in [-0.25, -0.2) is 4.79 Å². The van der Waals surface area contributed by atoms with E-state index in [1.807, 2.05) is 38.1 Å². The summed E-state index contributed by atoms with van der Waals surface area (Å²) in [6.45, 7) is 4.21. The van der Waals surface area contributed by atoms with Gasteiger partial charge in [0.05, 0.1) is 12.6 Å². The first-order valence-corrected chi connectivity index (χ1v) is 5.18. The summed E-state index contributed by atoms with van der Waals surface area (Å²) in [7, 11) is 0. The van der Waals surface area contributed by atoms with Crippen LogP contribution in [0.4, 0.5) is 4.79 Å². The van der Waals surface area contributed by atoms with Crippen LogP contribution in [0.3, 0.4) is 0 Å². The first-order valence-electron chi connectivity index (χ1n) is 5.18. The fourth-order valence-electron chi connectivity index (χ4n) is 1.53. The maximum absolute atomic E-state index is 11.4. The molecular formula is C13H16N2O. The second kappa shape index (κ2) is 5.82. The molecule has 0 aliphatic rings. The van der Waals surface area contributed by atoms with Crippen molar-refractivity contribution in [1.82, 2.24) is 10.6 Å². The molecular weight excluding hydrogens is 200 g/mol. The summed E-state index contributed by atoms with van der Waals surface area (Å²) in [5.74, 6) is 2.35. The minimum Gasteiger partial charge on any atom is -0.332 e. The van der Waals surface area contributed by atoms with Crippen molar-refractivity contribution in [2.45, 2.75) is 19.9 Å². The van der Waals surface area contributed by atoms with Gasteiger partial charge in [-0.1, -0.05) is 30.2 Å². The number of hydrogen-bond donors (Lipinski definition) is 2. The van der Waals surface area contributed by atoms with E-state index in [0.717, 1.165) is 11.1 Å². The van der Waals surface area contributed by atoms with E-state index in [2.05, 4.69) is 16.6 Å². The zero-order valence-corrected chi connectivity index (χ0v) is 9.58. The van der Waals surface area contributed by atoms with Crippen LogP contribution in [0.5, 0.6) is 0 Å². The van der Waals surface area contributed by atoms with Gasteiger partial charge in [-0.15, -0.1) is 6.42 Å². The molecule has 16 heavy (non-hydrogen) atoms. The molecule has 1 atom stereocenters. The summed E-state index contributed by atoms with van der Waals surface area (Å²) in [4.78, 5) is 11.4. The third-order valence-electron chi connectivity index (χ3n) is 2.35. The largest absolute Gasteiger partial charge is 0.332 e. The number of aryl methyl sites for hydroxylation is 1. The number of urea groups is 1. The smallest absolute Gasteiger partial charge is 0.316 e. The van der Waals surface area contributed by atoms with Gasteiger partial charge in [0.2, 0.25) is 0 Å². The molecule has 84 valence electrons. The Morgan fingerprint density at radius 1 is 1.50 bits per heavy atom. The van der Waals surface area contributed by atoms with Crippen LogP contribution >= 0.6 is 0 Å². The van der Waals surface area contributed by atoms with Crippen LogP contribution in [0.15, 0.2) is 24.3 Å². The summed E-state index contributed by atoms with van der Waals surface area (Å²) < 4.78 is 0. The lowest BCUT2D eigenvalue weighted by atomic mass is 10.0. The van der Waals surface area contributed by atoms with Crippen molar-refractivity contribution in [3.63, 3.8) is 0 Å². The van der Waals surface area contributed by atoms with Crippen LogP contribution in [0, 0.1) is 19.3 Å². The molecule has 3 heteroatoms. The Morgan fingerprint density at radius 2 is 2.19 bits per heavy atom. The van der Waals surface area contributed by atoms with E-state index >= 15 is 0 Å². The Bertz CT molecular complexity index is 407. The zero-order chi connectivity index (χ0) is 12.0. The highest BCUT2D eigenvalue weighted by Crippen LogP contribution is 2.16. The molecule has 0 aromatic heterocycles. The number of nitrogens with one attached hydrogen (secondary N) is 2. The quantitative estimate of drug-likeness (QED) is 0.745. The van der Waals surface area contributed by atoms with Crippen LogP contribution in [0.1, 0.15) is 24.1 Å². The Morgan fingerprint density at radius 3 is 2.81 bits per heavy atom. The first-order chi connectivity index (χ1) is 7.65. The van der Waals surface area contributed by atoms with Crippen molar-refractivity contribution in [1.29, 1.82) is 0 Å². The molecule has 0 aliphatic heterocycles. The second-order valence-electron chi connectivity index (χ2n) is 3.61. The second-order valence-corrected chi connectivity index (χ2v) is 3.61. The first kappa shape index (κ1) is 12.1. The van der Waals surface area contributed by atoms with Gasteiger partial charge in [0.1, 0.15) is 0 Å². The SMILES string of the molecule is C#CCNC(=O)NC(C)c1ccccc1C. The van der Waals surface area contributed by atoms with E-state index in [1.165, 1.54) is 0 Å². The lowest BCUT2D eigenvalue weighted by Crippen LogP contribution is -2.37. The number of terminal acetylenes is 1. The third-order valence-corrected chi connectivity index (χ3v) is 2.35. The lowest BCUT2D eigenvalue weighted by molar-refractivity contribution is 0.239. The molecule has 0 fully saturated rings. The highest BCUT2D eigenvalue weighted by Gasteiger charge is 2.09. The van der Waals surface area contributed by atoms with Crippen molar-refractivity contribution < 1.29 is 4.79 Å². The number of amides is 2. The molecule has 0 saturated heterocycles. The Kier molecular flexibility index (Phi) is 4.41. The minimum absolute atomic E-state index is 0.0287. The fraction of sp³-hybridized carbons (Fsp3) is 0.308. The van der Waals surface area contributed by atoms with E-state index < -0.39 is 0 Å². The maximum atomic E-state index is 11.4. The molecule has 0 aliphatic carbocycles.